The summed E-state index contributed by atoms with van der Waals surface area (Å²) in [7, 11) is 0. The van der Waals surface area contributed by atoms with Crippen LogP contribution < -0.4 is 16.0 Å². The van der Waals surface area contributed by atoms with E-state index in [1.165, 1.54) is 6.92 Å². The second-order valence-corrected chi connectivity index (χ2v) is 9.36. The van der Waals surface area contributed by atoms with Gasteiger partial charge in [-0.15, -0.1) is 0 Å². The highest BCUT2D eigenvalue weighted by molar-refractivity contribution is 6.09. The first-order valence-electron chi connectivity index (χ1n) is 12.8. The van der Waals surface area contributed by atoms with Crippen molar-refractivity contribution in [2.45, 2.75) is 25.3 Å². The standard InChI is InChI=1S/C31H31N3O5/c1-21(35)27(25-17-19-32-28(25)36)26(18-20-33-30(38)39)29(37)34-31(22-11-5-2-6-12-22,23-13-7-3-8-14-23)24-15-9-4-10-16-24/h2-16,26,33H,17-20H2,1H3,(H,32,36)(H,34,37)(H,38,39)/t26-/m0/s1. The van der Waals surface area contributed by atoms with Crippen molar-refractivity contribution in [1.29, 1.82) is 0 Å². The summed E-state index contributed by atoms with van der Waals surface area (Å²) in [5, 5.41) is 17.4. The molecule has 1 saturated heterocycles. The largest absolute Gasteiger partial charge is 0.465 e. The number of carbonyl (C=O) groups excluding carboxylic acids is 3. The molecule has 4 rings (SSSR count). The number of ketones is 1. The SMILES string of the molecule is CC(=O)C(=C1CCNC1=O)[C@H](CCNC(=O)O)C(=O)NC(c1ccccc1)(c1ccccc1)c1ccccc1. The van der Waals surface area contributed by atoms with Gasteiger partial charge in [-0.3, -0.25) is 14.4 Å². The molecule has 3 aromatic carbocycles. The van der Waals surface area contributed by atoms with E-state index in [1.54, 1.807) is 0 Å². The molecule has 3 amide bonds. The zero-order chi connectivity index (χ0) is 27.8. The second kappa shape index (κ2) is 12.2. The summed E-state index contributed by atoms with van der Waals surface area (Å²) in [6.07, 6.45) is -0.930. The molecule has 0 aromatic heterocycles. The van der Waals surface area contributed by atoms with E-state index in [-0.39, 0.29) is 30.0 Å². The van der Waals surface area contributed by atoms with Crippen LogP contribution in [0.1, 0.15) is 36.5 Å². The fourth-order valence-corrected chi connectivity index (χ4v) is 5.23. The van der Waals surface area contributed by atoms with Crippen molar-refractivity contribution in [2.24, 2.45) is 5.92 Å². The maximum atomic E-state index is 14.4. The van der Waals surface area contributed by atoms with E-state index in [4.69, 9.17) is 5.11 Å². The molecule has 0 aliphatic carbocycles. The van der Waals surface area contributed by atoms with Crippen LogP contribution in [0, 0.1) is 5.92 Å². The Kier molecular flexibility index (Phi) is 8.56. The quantitative estimate of drug-likeness (QED) is 0.237. The summed E-state index contributed by atoms with van der Waals surface area (Å²) in [4.78, 5) is 51.1. The summed E-state index contributed by atoms with van der Waals surface area (Å²) in [5.74, 6) is -2.34. The third-order valence-electron chi connectivity index (χ3n) is 6.94. The van der Waals surface area contributed by atoms with Crippen LogP contribution in [-0.4, -0.2) is 41.9 Å². The lowest BCUT2D eigenvalue weighted by atomic mass is 9.76. The molecule has 0 saturated carbocycles. The van der Waals surface area contributed by atoms with Crippen molar-refractivity contribution in [2.75, 3.05) is 13.1 Å². The highest BCUT2D eigenvalue weighted by Crippen LogP contribution is 2.38. The molecule has 1 atom stereocenters. The van der Waals surface area contributed by atoms with Crippen molar-refractivity contribution < 1.29 is 24.3 Å². The molecule has 1 aliphatic heterocycles. The van der Waals surface area contributed by atoms with E-state index >= 15 is 0 Å². The van der Waals surface area contributed by atoms with Crippen LogP contribution in [0.4, 0.5) is 4.79 Å². The predicted octanol–water partition coefficient (Wildman–Crippen LogP) is 3.77. The Morgan fingerprint density at radius 3 is 1.74 bits per heavy atom. The zero-order valence-electron chi connectivity index (χ0n) is 21.6. The number of benzene rings is 3. The van der Waals surface area contributed by atoms with Gasteiger partial charge in [-0.2, -0.15) is 0 Å². The van der Waals surface area contributed by atoms with E-state index in [1.807, 2.05) is 91.0 Å². The molecule has 4 N–H and O–H groups in total. The molecule has 1 aliphatic rings. The number of rotatable bonds is 10. The Balaban J connectivity index is 1.89. The molecule has 1 fully saturated rings. The van der Waals surface area contributed by atoms with E-state index in [9.17, 15) is 19.2 Å². The van der Waals surface area contributed by atoms with Crippen molar-refractivity contribution in [3.05, 3.63) is 119 Å². The number of nitrogens with one attached hydrogen (secondary N) is 3. The number of hydrogen-bond donors (Lipinski definition) is 4. The minimum atomic E-state index is -1.24. The monoisotopic (exact) mass is 525 g/mol. The Morgan fingerprint density at radius 2 is 1.36 bits per heavy atom. The molecular formula is C31H31N3O5. The first-order valence-corrected chi connectivity index (χ1v) is 12.8. The van der Waals surface area contributed by atoms with Gasteiger partial charge in [-0.1, -0.05) is 91.0 Å². The lowest BCUT2D eigenvalue weighted by molar-refractivity contribution is -0.127. The summed E-state index contributed by atoms with van der Waals surface area (Å²) < 4.78 is 0. The van der Waals surface area contributed by atoms with Crippen molar-refractivity contribution in [3.8, 4) is 0 Å². The lowest BCUT2D eigenvalue weighted by Gasteiger charge is -2.38. The highest BCUT2D eigenvalue weighted by Gasteiger charge is 2.41. The van der Waals surface area contributed by atoms with Gasteiger partial charge >= 0.3 is 6.09 Å². The molecule has 0 unspecified atom stereocenters. The number of carboxylic acid groups (broad SMARTS) is 1. The number of hydrogen-bond acceptors (Lipinski definition) is 4. The van der Waals surface area contributed by atoms with E-state index in [0.717, 1.165) is 16.7 Å². The van der Waals surface area contributed by atoms with Gasteiger partial charge < -0.3 is 21.1 Å². The molecular weight excluding hydrogens is 494 g/mol. The normalized spacial score (nSPS) is 15.2. The predicted molar refractivity (Wildman–Crippen MR) is 147 cm³/mol. The van der Waals surface area contributed by atoms with Crippen LogP contribution >= 0.6 is 0 Å². The Hall–Kier alpha value is -4.72. The molecule has 8 heteroatoms. The molecule has 3 aromatic rings. The van der Waals surface area contributed by atoms with Gasteiger partial charge in [-0.25, -0.2) is 4.79 Å². The molecule has 39 heavy (non-hydrogen) atoms. The van der Waals surface area contributed by atoms with Gasteiger partial charge in [0.2, 0.25) is 11.8 Å². The first kappa shape index (κ1) is 27.3. The fraction of sp³-hybridized carbons (Fsp3) is 0.226. The van der Waals surface area contributed by atoms with Gasteiger partial charge in [0.1, 0.15) is 5.54 Å². The molecule has 8 nitrogen and oxygen atoms in total. The number of amides is 3. The maximum absolute atomic E-state index is 14.4. The number of Topliss-reactive ketones (excluding diaryl/α,β-unsaturated/α-hetero) is 1. The van der Waals surface area contributed by atoms with E-state index in [2.05, 4.69) is 16.0 Å². The summed E-state index contributed by atoms with van der Waals surface area (Å²) in [5.41, 5.74) is 1.64. The fourth-order valence-electron chi connectivity index (χ4n) is 5.23. The molecule has 0 bridgehead atoms. The third kappa shape index (κ3) is 5.90. The van der Waals surface area contributed by atoms with E-state index < -0.39 is 29.2 Å². The maximum Gasteiger partial charge on any atom is 0.404 e. The average Bonchev–Trinajstić information content (AvgIpc) is 3.37. The van der Waals surface area contributed by atoms with E-state index in [0.29, 0.717) is 13.0 Å². The van der Waals surface area contributed by atoms with Crippen LogP contribution in [0.15, 0.2) is 102 Å². The van der Waals surface area contributed by atoms with Crippen LogP contribution in [0.5, 0.6) is 0 Å². The highest BCUT2D eigenvalue weighted by atomic mass is 16.4. The Morgan fingerprint density at radius 1 is 0.872 bits per heavy atom. The smallest absolute Gasteiger partial charge is 0.404 e. The lowest BCUT2D eigenvalue weighted by Crippen LogP contribution is -2.51. The van der Waals surface area contributed by atoms with Crippen LogP contribution in [-0.2, 0) is 19.9 Å². The van der Waals surface area contributed by atoms with Crippen molar-refractivity contribution in [3.63, 3.8) is 0 Å². The Labute approximate surface area is 227 Å². The average molecular weight is 526 g/mol. The third-order valence-corrected chi connectivity index (χ3v) is 6.94. The molecule has 1 heterocycles. The first-order chi connectivity index (χ1) is 18.8. The minimum Gasteiger partial charge on any atom is -0.465 e. The zero-order valence-corrected chi connectivity index (χ0v) is 21.6. The van der Waals surface area contributed by atoms with Gasteiger partial charge in [0, 0.05) is 24.2 Å². The van der Waals surface area contributed by atoms with Gasteiger partial charge in [0.25, 0.3) is 0 Å². The van der Waals surface area contributed by atoms with Gasteiger partial charge in [0.05, 0.1) is 5.92 Å². The van der Waals surface area contributed by atoms with Gasteiger partial charge in [0.15, 0.2) is 5.78 Å². The van der Waals surface area contributed by atoms with Gasteiger partial charge in [-0.05, 0) is 36.5 Å². The minimum absolute atomic E-state index is 0.00171. The summed E-state index contributed by atoms with van der Waals surface area (Å²) >= 11 is 0. The molecule has 0 spiro atoms. The van der Waals surface area contributed by atoms with Crippen LogP contribution in [0.2, 0.25) is 0 Å². The molecule has 200 valence electrons. The summed E-state index contributed by atoms with van der Waals surface area (Å²) in [6, 6.07) is 28.6. The van der Waals surface area contributed by atoms with Crippen LogP contribution in [0.3, 0.4) is 0 Å². The Bertz CT molecular complexity index is 1270. The summed E-state index contributed by atoms with van der Waals surface area (Å²) in [6.45, 7) is 1.63. The van der Waals surface area contributed by atoms with Crippen molar-refractivity contribution in [1.82, 2.24) is 16.0 Å². The second-order valence-electron chi connectivity index (χ2n) is 9.36. The van der Waals surface area contributed by atoms with Crippen LogP contribution in [0.25, 0.3) is 0 Å². The number of carbonyl (C=O) groups is 4. The molecule has 0 radical (unpaired) electrons. The topological polar surface area (TPSA) is 125 Å². The van der Waals surface area contributed by atoms with Crippen molar-refractivity contribution >= 4 is 23.7 Å².